The minimum absolute atomic E-state index is 0. The van der Waals surface area contributed by atoms with Crippen LogP contribution in [0.3, 0.4) is 0 Å². The van der Waals surface area contributed by atoms with Crippen molar-refractivity contribution in [2.75, 3.05) is 0 Å². The molecule has 0 saturated heterocycles. The fraction of sp³-hybridized carbons (Fsp3) is 0.192. The van der Waals surface area contributed by atoms with Crippen molar-refractivity contribution in [2.45, 2.75) is 65.1 Å². The van der Waals surface area contributed by atoms with Crippen LogP contribution in [0.15, 0.2) is 144 Å². The Morgan fingerprint density at radius 1 is 0.719 bits per heavy atom. The van der Waals surface area contributed by atoms with Crippen molar-refractivity contribution in [1.29, 1.82) is 0 Å². The molecule has 10 rings (SSSR count). The van der Waals surface area contributed by atoms with E-state index in [0.717, 1.165) is 39.4 Å². The largest absolute Gasteiger partial charge is 3.00 e. The molecular formula is C52H45IrN3O+. The van der Waals surface area contributed by atoms with Crippen LogP contribution in [0.2, 0.25) is 0 Å². The normalized spacial score (nSPS) is 16.1. The zero-order chi connectivity index (χ0) is 43.6. The molecule has 0 spiro atoms. The molecule has 3 aromatic heterocycles. The molecule has 57 heavy (non-hydrogen) atoms. The quantitative estimate of drug-likeness (QED) is 0.130. The van der Waals surface area contributed by atoms with Gasteiger partial charge in [-0.05, 0) is 94.8 Å². The van der Waals surface area contributed by atoms with E-state index in [0.29, 0.717) is 22.4 Å². The molecule has 0 saturated carbocycles. The third-order valence-electron chi connectivity index (χ3n) is 11.3. The first-order chi connectivity index (χ1) is 29.5. The number of aryl methyl sites for hydroxylation is 2. The van der Waals surface area contributed by atoms with Crippen LogP contribution in [0.5, 0.6) is 0 Å². The van der Waals surface area contributed by atoms with E-state index in [1.165, 1.54) is 41.2 Å². The molecule has 0 atom stereocenters. The number of pyridine rings is 1. The summed E-state index contributed by atoms with van der Waals surface area (Å²) in [5.74, 6) is 0. The summed E-state index contributed by atoms with van der Waals surface area (Å²) >= 11 is 0. The van der Waals surface area contributed by atoms with Gasteiger partial charge in [0.2, 0.25) is 0 Å². The van der Waals surface area contributed by atoms with Gasteiger partial charge in [-0.2, -0.15) is 30.3 Å². The molecule has 5 heteroatoms. The van der Waals surface area contributed by atoms with Crippen molar-refractivity contribution in [1.82, 2.24) is 9.55 Å². The molecule has 0 aliphatic heterocycles. The van der Waals surface area contributed by atoms with Crippen molar-refractivity contribution in [3.63, 3.8) is 0 Å². The third-order valence-corrected chi connectivity index (χ3v) is 11.3. The summed E-state index contributed by atoms with van der Waals surface area (Å²) in [5.41, 5.74) is 11.7. The molecule has 0 fully saturated rings. The Kier molecular flexibility index (Phi) is 8.31. The van der Waals surface area contributed by atoms with Gasteiger partial charge in [-0.25, -0.2) is 0 Å². The predicted octanol–water partition coefficient (Wildman–Crippen LogP) is 12.6. The Labute approximate surface area is 357 Å². The van der Waals surface area contributed by atoms with E-state index >= 15 is 0 Å². The van der Waals surface area contributed by atoms with Crippen LogP contribution in [0.25, 0.3) is 66.7 Å². The van der Waals surface area contributed by atoms with Gasteiger partial charge >= 0.3 is 20.1 Å². The number of para-hydroxylation sites is 4. The van der Waals surface area contributed by atoms with E-state index < -0.39 is 13.7 Å². The summed E-state index contributed by atoms with van der Waals surface area (Å²) in [4.78, 5) is 4.21. The minimum atomic E-state index is -2.58. The van der Waals surface area contributed by atoms with Crippen LogP contribution in [0.1, 0.15) is 71.0 Å². The molecule has 1 aliphatic carbocycles. The fourth-order valence-electron chi connectivity index (χ4n) is 8.08. The molecule has 1 aliphatic rings. The van der Waals surface area contributed by atoms with Crippen molar-refractivity contribution in [2.24, 2.45) is 0 Å². The zero-order valence-corrected chi connectivity index (χ0v) is 34.7. The monoisotopic (exact) mass is 926 g/mol. The second-order valence-corrected chi connectivity index (χ2v) is 15.9. The molecule has 6 aromatic carbocycles. The van der Waals surface area contributed by atoms with Crippen LogP contribution in [-0.2, 0) is 30.9 Å². The standard InChI is InChI=1S/C33H31N2.C19H14NO.Ir/c1-32(2)20-21-33(3,4)29-22-24(18-19-28(29)32)27-16-11-17-30-31(27)35(26-14-9-6-10-15-26)23-34(30)25-12-7-5-8-13-25;1-12-10-17(20-11-13(12)2)16-8-5-7-15-14-6-3-4-9-18(14)21-19(15)16;/h5-12,14-19,22H,20-21H2,1-4H3;3-7,9-11H,1-2H3;/q2*-1;+3/i;1D3,2D3;. The SMILES string of the molecule is CC1(C)CCC(C)(C)c2cc(-c3cccc4c3[n+](-c3ccccc3)[c-]n4-c3[c-]cccc3)ccc21.[2H]C([2H])([2H])c1cnc(-c2[c-]ccc3c2oc2ccccc23)cc1C([2H])([2H])[2H].[Ir+3]. The summed E-state index contributed by atoms with van der Waals surface area (Å²) < 4.78 is 56.2. The maximum atomic E-state index is 7.73. The van der Waals surface area contributed by atoms with Crippen LogP contribution in [0.4, 0.5) is 0 Å². The molecule has 0 unspecified atom stereocenters. The van der Waals surface area contributed by atoms with Crippen LogP contribution in [0, 0.1) is 32.2 Å². The third kappa shape index (κ3) is 6.94. The van der Waals surface area contributed by atoms with E-state index in [-0.39, 0.29) is 42.1 Å². The van der Waals surface area contributed by atoms with Gasteiger partial charge in [0, 0.05) is 19.8 Å². The zero-order valence-electron chi connectivity index (χ0n) is 38.3. The van der Waals surface area contributed by atoms with Crippen LogP contribution in [-0.4, -0.2) is 9.55 Å². The molecule has 282 valence electrons. The van der Waals surface area contributed by atoms with Crippen LogP contribution < -0.4 is 4.57 Å². The topological polar surface area (TPSA) is 34.8 Å². The van der Waals surface area contributed by atoms with Gasteiger partial charge in [-0.1, -0.05) is 123 Å². The fourth-order valence-corrected chi connectivity index (χ4v) is 8.08. The number of fused-ring (bicyclic) bond motifs is 5. The predicted molar refractivity (Wildman–Crippen MR) is 228 cm³/mol. The first-order valence-electron chi connectivity index (χ1n) is 22.0. The van der Waals surface area contributed by atoms with Gasteiger partial charge in [0.05, 0.1) is 22.3 Å². The number of hydrogen-bond acceptors (Lipinski definition) is 2. The molecule has 3 heterocycles. The molecular weight excluding hydrogens is 875 g/mol. The van der Waals surface area contributed by atoms with Crippen molar-refractivity contribution >= 4 is 33.0 Å². The van der Waals surface area contributed by atoms with Crippen molar-refractivity contribution < 1.29 is 37.3 Å². The van der Waals surface area contributed by atoms with E-state index in [1.807, 2.05) is 42.5 Å². The first-order valence-corrected chi connectivity index (χ1v) is 19.0. The van der Waals surface area contributed by atoms with E-state index in [1.54, 1.807) is 6.07 Å². The number of furan rings is 1. The number of rotatable bonds is 4. The van der Waals surface area contributed by atoms with Crippen molar-refractivity contribution in [3.05, 3.63) is 180 Å². The number of nitrogens with zero attached hydrogens (tertiary/aromatic N) is 3. The molecule has 0 N–H and O–H groups in total. The summed E-state index contributed by atoms with van der Waals surface area (Å²) in [7, 11) is 0. The second kappa shape index (κ2) is 15.0. The minimum Gasteiger partial charge on any atom is -0.501 e. The Morgan fingerprint density at radius 3 is 2.28 bits per heavy atom. The molecule has 4 nitrogen and oxygen atoms in total. The maximum Gasteiger partial charge on any atom is 3.00 e. The van der Waals surface area contributed by atoms with Gasteiger partial charge in [-0.15, -0.1) is 18.2 Å². The van der Waals surface area contributed by atoms with E-state index in [4.69, 9.17) is 12.6 Å². The summed E-state index contributed by atoms with van der Waals surface area (Å²) in [5, 5.41) is 1.79. The van der Waals surface area contributed by atoms with Gasteiger partial charge in [0.15, 0.2) is 0 Å². The van der Waals surface area contributed by atoms with Crippen LogP contribution >= 0.6 is 0 Å². The van der Waals surface area contributed by atoms with E-state index in [9.17, 15) is 0 Å². The summed E-state index contributed by atoms with van der Waals surface area (Å²) in [6.07, 6.45) is 7.17. The molecule has 0 radical (unpaired) electrons. The number of imidazole rings is 1. The Bertz CT molecular complexity index is 3110. The van der Waals surface area contributed by atoms with Gasteiger partial charge in [-0.3, -0.25) is 4.57 Å². The van der Waals surface area contributed by atoms with E-state index in [2.05, 4.69) is 139 Å². The van der Waals surface area contributed by atoms with Gasteiger partial charge in [0.25, 0.3) is 6.33 Å². The Hall–Kier alpha value is -5.61. The Morgan fingerprint density at radius 2 is 1.49 bits per heavy atom. The number of aromatic nitrogens is 3. The summed E-state index contributed by atoms with van der Waals surface area (Å²) in [6, 6.07) is 51.2. The maximum absolute atomic E-state index is 7.73. The number of benzene rings is 6. The average molecular weight is 926 g/mol. The molecule has 0 bridgehead atoms. The summed E-state index contributed by atoms with van der Waals surface area (Å²) in [6.45, 7) is 4.41. The second-order valence-electron chi connectivity index (χ2n) is 15.9. The average Bonchev–Trinajstić information content (AvgIpc) is 3.85. The first kappa shape index (κ1) is 31.5. The van der Waals surface area contributed by atoms with Gasteiger partial charge in [0.1, 0.15) is 5.58 Å². The Balaban J connectivity index is 0.000000176. The van der Waals surface area contributed by atoms with Gasteiger partial charge < -0.3 is 14.0 Å². The molecule has 9 aromatic rings. The molecule has 0 amide bonds. The smallest absolute Gasteiger partial charge is 0.501 e. The van der Waals surface area contributed by atoms with Crippen molar-refractivity contribution in [3.8, 4) is 33.8 Å². The number of hydrogen-bond donors (Lipinski definition) is 0.